The van der Waals surface area contributed by atoms with E-state index in [0.29, 0.717) is 19.3 Å². The summed E-state index contributed by atoms with van der Waals surface area (Å²) in [6, 6.07) is 2.60. The Morgan fingerprint density at radius 3 is 2.71 bits per heavy atom. The van der Waals surface area contributed by atoms with E-state index in [-0.39, 0.29) is 35.1 Å². The van der Waals surface area contributed by atoms with E-state index < -0.39 is 29.3 Å². The number of amides is 1. The minimum Gasteiger partial charge on any atom is -0.492 e. The highest BCUT2D eigenvalue weighted by molar-refractivity contribution is 5.96. The first-order valence-corrected chi connectivity index (χ1v) is 9.41. The molecule has 0 aliphatic carbocycles. The van der Waals surface area contributed by atoms with Gasteiger partial charge in [0.15, 0.2) is 11.6 Å². The third-order valence-electron chi connectivity index (χ3n) is 5.27. The van der Waals surface area contributed by atoms with Crippen molar-refractivity contribution < 1.29 is 31.8 Å². The molecule has 4 rings (SSSR count). The highest BCUT2D eigenvalue weighted by Gasteiger charge is 2.42. The molecule has 31 heavy (non-hydrogen) atoms. The lowest BCUT2D eigenvalue weighted by Gasteiger charge is -2.27. The van der Waals surface area contributed by atoms with Crippen LogP contribution in [0.15, 0.2) is 18.3 Å². The lowest BCUT2D eigenvalue weighted by atomic mass is 10.1. The number of benzene rings is 1. The Hall–Kier alpha value is -3.15. The van der Waals surface area contributed by atoms with E-state index in [2.05, 4.69) is 20.6 Å². The zero-order valence-corrected chi connectivity index (χ0v) is 16.6. The number of carbonyl (C=O) groups is 1. The number of nitrogens with one attached hydrogen (secondary N) is 2. The number of rotatable bonds is 5. The number of halogens is 4. The topological polar surface area (TPSA) is 88.6 Å². The molecule has 2 saturated heterocycles. The molecule has 1 aromatic carbocycles. The zero-order chi connectivity index (χ0) is 22.3. The summed E-state index contributed by atoms with van der Waals surface area (Å²) in [7, 11) is 2.51. The van der Waals surface area contributed by atoms with Crippen LogP contribution in [-0.2, 0) is 10.9 Å². The average Bonchev–Trinajstić information content (AvgIpc) is 3.36. The molecule has 0 unspecified atom stereocenters. The predicted molar refractivity (Wildman–Crippen MR) is 102 cm³/mol. The minimum absolute atomic E-state index is 0.0296. The van der Waals surface area contributed by atoms with Gasteiger partial charge in [0.1, 0.15) is 11.4 Å². The van der Waals surface area contributed by atoms with Gasteiger partial charge in [-0.25, -0.2) is 9.37 Å². The monoisotopic (exact) mass is 441 g/mol. The molecule has 2 fully saturated rings. The van der Waals surface area contributed by atoms with Gasteiger partial charge < -0.3 is 25.0 Å². The number of carbonyl (C=O) groups excluding carboxylic acids is 1. The van der Waals surface area contributed by atoms with Gasteiger partial charge in [-0.05, 0) is 18.6 Å². The Labute approximate surface area is 174 Å². The van der Waals surface area contributed by atoms with Crippen molar-refractivity contribution in [2.75, 3.05) is 37.9 Å². The second kappa shape index (κ2) is 7.84. The molecular weight excluding hydrogens is 422 g/mol. The highest BCUT2D eigenvalue weighted by atomic mass is 19.4. The molecule has 8 nitrogen and oxygen atoms in total. The van der Waals surface area contributed by atoms with Gasteiger partial charge in [0.25, 0.3) is 5.91 Å². The predicted octanol–water partition coefficient (Wildman–Crippen LogP) is 3.04. The largest absolute Gasteiger partial charge is 0.492 e. The number of fused-ring (bicyclic) bond motifs is 2. The van der Waals surface area contributed by atoms with Crippen molar-refractivity contribution in [3.63, 3.8) is 0 Å². The first-order valence-electron chi connectivity index (χ1n) is 9.41. The van der Waals surface area contributed by atoms with E-state index >= 15 is 4.39 Å². The van der Waals surface area contributed by atoms with Crippen molar-refractivity contribution >= 4 is 23.4 Å². The van der Waals surface area contributed by atoms with Gasteiger partial charge in [-0.3, -0.25) is 4.79 Å². The van der Waals surface area contributed by atoms with Crippen LogP contribution in [0.4, 0.5) is 35.0 Å². The number of morpholine rings is 1. The Kier molecular flexibility index (Phi) is 5.33. The maximum Gasteiger partial charge on any atom is 0.421 e. The van der Waals surface area contributed by atoms with Gasteiger partial charge in [-0.15, -0.1) is 0 Å². The van der Waals surface area contributed by atoms with Crippen LogP contribution >= 0.6 is 0 Å². The average molecular weight is 441 g/mol. The third kappa shape index (κ3) is 3.82. The Morgan fingerprint density at radius 2 is 2.13 bits per heavy atom. The van der Waals surface area contributed by atoms with Crippen LogP contribution in [-0.4, -0.2) is 60.2 Å². The fourth-order valence-electron chi connectivity index (χ4n) is 3.78. The van der Waals surface area contributed by atoms with Gasteiger partial charge in [-0.1, -0.05) is 0 Å². The van der Waals surface area contributed by atoms with Crippen molar-refractivity contribution in [3.8, 4) is 5.75 Å². The molecule has 12 heteroatoms. The van der Waals surface area contributed by atoms with Crippen LogP contribution in [0.5, 0.6) is 5.75 Å². The van der Waals surface area contributed by atoms with Crippen molar-refractivity contribution in [2.24, 2.45) is 0 Å². The van der Waals surface area contributed by atoms with E-state index in [4.69, 9.17) is 9.47 Å². The van der Waals surface area contributed by atoms with Gasteiger partial charge in [0.2, 0.25) is 5.95 Å². The number of likely N-dealkylation sites (tertiary alicyclic amines) is 1. The first kappa shape index (κ1) is 21.1. The summed E-state index contributed by atoms with van der Waals surface area (Å²) in [6.45, 7) is 0.825. The number of ether oxygens (including phenoxy) is 2. The molecule has 2 aliphatic rings. The van der Waals surface area contributed by atoms with E-state index in [1.54, 1.807) is 4.90 Å². The van der Waals surface area contributed by atoms with Crippen LogP contribution in [0.3, 0.4) is 0 Å². The van der Waals surface area contributed by atoms with E-state index in [0.717, 1.165) is 6.42 Å². The summed E-state index contributed by atoms with van der Waals surface area (Å²) in [4.78, 5) is 21.8. The zero-order valence-electron chi connectivity index (χ0n) is 16.6. The van der Waals surface area contributed by atoms with Crippen LogP contribution in [0.25, 0.3) is 0 Å². The normalized spacial score (nSPS) is 20.1. The molecule has 1 amide bonds. The SMILES string of the molecule is CNc1nc(Nc2ccc(C(=O)N3C[C@@H]4C[C@H]3CO4)c(F)c2OC)ncc1C(F)(F)F. The van der Waals surface area contributed by atoms with Crippen molar-refractivity contribution in [2.45, 2.75) is 24.7 Å². The number of nitrogens with zero attached hydrogens (tertiary/aromatic N) is 3. The summed E-state index contributed by atoms with van der Waals surface area (Å²) in [6.07, 6.45) is -3.32. The molecule has 3 heterocycles. The van der Waals surface area contributed by atoms with E-state index in [9.17, 15) is 18.0 Å². The van der Waals surface area contributed by atoms with Crippen molar-refractivity contribution in [1.82, 2.24) is 14.9 Å². The Morgan fingerprint density at radius 1 is 1.35 bits per heavy atom. The lowest BCUT2D eigenvalue weighted by molar-refractivity contribution is -0.137. The fourth-order valence-corrected chi connectivity index (χ4v) is 3.78. The highest BCUT2D eigenvalue weighted by Crippen LogP contribution is 2.37. The summed E-state index contributed by atoms with van der Waals surface area (Å²) in [5.41, 5.74) is -1.15. The van der Waals surface area contributed by atoms with E-state index in [1.165, 1.54) is 26.3 Å². The first-order chi connectivity index (χ1) is 14.7. The molecule has 1 aromatic heterocycles. The Bertz CT molecular complexity index is 1020. The van der Waals surface area contributed by atoms with Gasteiger partial charge in [-0.2, -0.15) is 18.2 Å². The van der Waals surface area contributed by atoms with E-state index in [1.807, 2.05) is 0 Å². The number of methoxy groups -OCH3 is 1. The molecule has 0 radical (unpaired) electrons. The van der Waals surface area contributed by atoms with Crippen molar-refractivity contribution in [1.29, 1.82) is 0 Å². The fraction of sp³-hybridized carbons (Fsp3) is 0.421. The number of aromatic nitrogens is 2. The van der Waals surface area contributed by atoms with Gasteiger partial charge >= 0.3 is 6.18 Å². The quantitative estimate of drug-likeness (QED) is 0.690. The summed E-state index contributed by atoms with van der Waals surface area (Å²) in [5.74, 6) is -2.28. The number of hydrogen-bond donors (Lipinski definition) is 2. The van der Waals surface area contributed by atoms with Crippen LogP contribution in [0, 0.1) is 5.82 Å². The van der Waals surface area contributed by atoms with Crippen LogP contribution < -0.4 is 15.4 Å². The number of anilines is 3. The molecule has 0 spiro atoms. The molecule has 2 aliphatic heterocycles. The van der Waals surface area contributed by atoms with Gasteiger partial charge in [0.05, 0.1) is 37.1 Å². The second-order valence-electron chi connectivity index (χ2n) is 7.14. The molecule has 2 N–H and O–H groups in total. The number of alkyl halides is 3. The van der Waals surface area contributed by atoms with Gasteiger partial charge in [0, 0.05) is 19.8 Å². The minimum atomic E-state index is -4.64. The molecule has 2 aromatic rings. The maximum absolute atomic E-state index is 15.1. The molecular formula is C19H19F4N5O3. The van der Waals surface area contributed by atoms with Crippen molar-refractivity contribution in [3.05, 3.63) is 35.3 Å². The van der Waals surface area contributed by atoms with Crippen LogP contribution in [0.2, 0.25) is 0 Å². The number of hydrogen-bond acceptors (Lipinski definition) is 7. The summed E-state index contributed by atoms with van der Waals surface area (Å²) < 4.78 is 64.7. The lowest BCUT2D eigenvalue weighted by Crippen LogP contribution is -2.41. The molecule has 166 valence electrons. The van der Waals surface area contributed by atoms with Crippen LogP contribution in [0.1, 0.15) is 22.3 Å². The summed E-state index contributed by atoms with van der Waals surface area (Å²) >= 11 is 0. The molecule has 0 saturated carbocycles. The Balaban J connectivity index is 1.61. The molecule has 2 atom stereocenters. The standard InChI is InChI=1S/C19H19F4N5O3/c1-24-16-12(19(21,22)23)6-25-18(27-16)26-13-4-3-11(14(20)15(13)30-2)17(29)28-7-10-5-9(28)8-31-10/h3-4,6,9-10H,5,7-8H2,1-2H3,(H2,24,25,26,27)/t9-,10-/m0/s1. The third-order valence-corrected chi connectivity index (χ3v) is 5.27. The maximum atomic E-state index is 15.1. The summed E-state index contributed by atoms with van der Waals surface area (Å²) in [5, 5.41) is 5.00. The molecule has 2 bridgehead atoms. The second-order valence-corrected chi connectivity index (χ2v) is 7.14. The smallest absolute Gasteiger partial charge is 0.421 e.